The normalized spacial score (nSPS) is 22.1. The van der Waals surface area contributed by atoms with Crippen molar-refractivity contribution in [2.75, 3.05) is 42.7 Å². The summed E-state index contributed by atoms with van der Waals surface area (Å²) in [6.07, 6.45) is 11.3. The fourth-order valence-corrected chi connectivity index (χ4v) is 9.38. The quantitative estimate of drug-likeness (QED) is 0.247. The van der Waals surface area contributed by atoms with Gasteiger partial charge < -0.3 is 10.2 Å². The van der Waals surface area contributed by atoms with E-state index in [0.717, 1.165) is 36.4 Å². The van der Waals surface area contributed by atoms with E-state index in [1.807, 2.05) is 33.7 Å². The van der Waals surface area contributed by atoms with Crippen molar-refractivity contribution in [3.8, 4) is 17.1 Å². The summed E-state index contributed by atoms with van der Waals surface area (Å²) in [5, 5.41) is 7.68. The van der Waals surface area contributed by atoms with Crippen molar-refractivity contribution >= 4 is 49.5 Å². The Morgan fingerprint density at radius 3 is 2.53 bits per heavy atom. The van der Waals surface area contributed by atoms with Crippen molar-refractivity contribution < 1.29 is 8.42 Å². The molecule has 1 N–H and O–H groups in total. The lowest BCUT2D eigenvalue weighted by Gasteiger charge is -2.38. The molecule has 2 saturated heterocycles. The van der Waals surface area contributed by atoms with Gasteiger partial charge in [0.15, 0.2) is 0 Å². The standard InChI is InChI=1S/C34H38N8O3S2/c1-47(44,45)29-10-8-26(9-11-29)42-31-23(19-30(33(42)43)32-35-13-15-41(32)28-12-18-46-22-28)20-36-34(38-31)37-24-4-6-25(7-5-24)40-17-16-39-14-2-3-27(39)21-40/h4-7,12-13,15,18-20,22,26-27,29H,2-3,8-11,14,16-17,21H2,1H3,(H,36,37,38). The maximum absolute atomic E-state index is 14.4. The molecule has 0 bridgehead atoms. The number of rotatable bonds is 7. The van der Waals surface area contributed by atoms with E-state index in [0.29, 0.717) is 54.7 Å². The van der Waals surface area contributed by atoms with E-state index in [9.17, 15) is 13.2 Å². The Balaban J connectivity index is 1.13. The van der Waals surface area contributed by atoms with Crippen LogP contribution >= 0.6 is 11.3 Å². The lowest BCUT2D eigenvalue weighted by Crippen LogP contribution is -2.50. The van der Waals surface area contributed by atoms with Gasteiger partial charge in [-0.05, 0) is 86.8 Å². The summed E-state index contributed by atoms with van der Waals surface area (Å²) in [5.41, 5.74) is 3.80. The highest BCUT2D eigenvalue weighted by atomic mass is 32.2. The number of sulfone groups is 1. The Labute approximate surface area is 277 Å². The van der Waals surface area contributed by atoms with Crippen molar-refractivity contribution in [3.05, 3.63) is 76.1 Å². The van der Waals surface area contributed by atoms with Crippen LogP contribution < -0.4 is 15.8 Å². The van der Waals surface area contributed by atoms with Crippen molar-refractivity contribution in [1.82, 2.24) is 29.0 Å². The SMILES string of the molecule is CS(=O)(=O)C1CCC(n2c(=O)c(-c3nccn3-c3ccsc3)cc3cnc(Nc4ccc(N5CCN6CCCC6C5)cc4)nc32)CC1. The number of anilines is 3. The Kier molecular flexibility index (Phi) is 7.85. The minimum absolute atomic E-state index is 0.195. The van der Waals surface area contributed by atoms with E-state index >= 15 is 0 Å². The summed E-state index contributed by atoms with van der Waals surface area (Å²) < 4.78 is 28.3. The number of thiophene rings is 1. The van der Waals surface area contributed by atoms with Crippen LogP contribution in [-0.2, 0) is 9.84 Å². The van der Waals surface area contributed by atoms with Gasteiger partial charge in [-0.3, -0.25) is 18.8 Å². The third kappa shape index (κ3) is 5.85. The number of nitrogens with zero attached hydrogens (tertiary/aromatic N) is 7. The van der Waals surface area contributed by atoms with E-state index in [2.05, 4.69) is 49.4 Å². The first kappa shape index (κ1) is 30.3. The predicted octanol–water partition coefficient (Wildman–Crippen LogP) is 5.26. The molecule has 3 aliphatic rings. The van der Waals surface area contributed by atoms with Crippen LogP contribution in [0.1, 0.15) is 44.6 Å². The van der Waals surface area contributed by atoms with Gasteiger partial charge in [0.1, 0.15) is 21.3 Å². The second kappa shape index (κ2) is 12.2. The molecule has 3 fully saturated rings. The van der Waals surface area contributed by atoms with Crippen LogP contribution in [0.25, 0.3) is 28.1 Å². The first-order valence-corrected chi connectivity index (χ1v) is 19.2. The fraction of sp³-hybridized carbons (Fsp3) is 0.412. The first-order valence-electron chi connectivity index (χ1n) is 16.4. The first-order chi connectivity index (χ1) is 22.8. The molecule has 4 aromatic heterocycles. The molecule has 13 heteroatoms. The Hall–Kier alpha value is -4.07. The summed E-state index contributed by atoms with van der Waals surface area (Å²) in [6, 6.07) is 12.7. The average Bonchev–Trinajstić information content (AvgIpc) is 3.87. The molecule has 1 atom stereocenters. The summed E-state index contributed by atoms with van der Waals surface area (Å²) in [7, 11) is -3.15. The highest BCUT2D eigenvalue weighted by Crippen LogP contribution is 2.34. The summed E-state index contributed by atoms with van der Waals surface area (Å²) in [4.78, 5) is 33.6. The molecular weight excluding hydrogens is 633 g/mol. The predicted molar refractivity (Wildman–Crippen MR) is 187 cm³/mol. The Morgan fingerprint density at radius 1 is 0.936 bits per heavy atom. The van der Waals surface area contributed by atoms with Crippen LogP contribution in [0.15, 0.2) is 70.5 Å². The number of imidazole rings is 1. The van der Waals surface area contributed by atoms with Gasteiger partial charge >= 0.3 is 0 Å². The number of aromatic nitrogens is 5. The molecule has 11 nitrogen and oxygen atoms in total. The Morgan fingerprint density at radius 2 is 1.77 bits per heavy atom. The molecule has 47 heavy (non-hydrogen) atoms. The molecule has 5 aromatic rings. The minimum atomic E-state index is -3.15. The molecular formula is C34H38N8O3S2. The number of hydrogen-bond acceptors (Lipinski definition) is 10. The van der Waals surface area contributed by atoms with E-state index in [4.69, 9.17) is 4.98 Å². The molecule has 0 spiro atoms. The van der Waals surface area contributed by atoms with Crippen molar-refractivity contribution in [3.63, 3.8) is 0 Å². The monoisotopic (exact) mass is 670 g/mol. The van der Waals surface area contributed by atoms with Crippen molar-refractivity contribution in [2.24, 2.45) is 0 Å². The van der Waals surface area contributed by atoms with Crippen LogP contribution in [0.2, 0.25) is 0 Å². The van der Waals surface area contributed by atoms with Gasteiger partial charge in [0.05, 0.1) is 16.5 Å². The van der Waals surface area contributed by atoms with E-state index in [1.54, 1.807) is 28.3 Å². The second-order valence-electron chi connectivity index (χ2n) is 13.0. The van der Waals surface area contributed by atoms with Gasteiger partial charge in [-0.2, -0.15) is 16.3 Å². The van der Waals surface area contributed by atoms with Crippen LogP contribution in [0.4, 0.5) is 17.3 Å². The Bertz CT molecular complexity index is 2070. The number of piperazine rings is 1. The van der Waals surface area contributed by atoms with Crippen LogP contribution in [0.3, 0.4) is 0 Å². The van der Waals surface area contributed by atoms with Gasteiger partial charge in [0.25, 0.3) is 5.56 Å². The third-order valence-corrected chi connectivity index (χ3v) is 12.5. The number of hydrogen-bond donors (Lipinski definition) is 1. The summed E-state index contributed by atoms with van der Waals surface area (Å²) in [6.45, 7) is 4.45. The zero-order valence-electron chi connectivity index (χ0n) is 26.3. The van der Waals surface area contributed by atoms with Gasteiger partial charge in [-0.15, -0.1) is 0 Å². The smallest absolute Gasteiger partial charge is 0.263 e. The van der Waals surface area contributed by atoms with Gasteiger partial charge in [0, 0.05) is 78.7 Å². The molecule has 2 aliphatic heterocycles. The molecule has 0 radical (unpaired) electrons. The number of pyridine rings is 1. The molecule has 6 heterocycles. The minimum Gasteiger partial charge on any atom is -0.369 e. The van der Waals surface area contributed by atoms with Gasteiger partial charge in [-0.1, -0.05) is 0 Å². The van der Waals surface area contributed by atoms with Crippen LogP contribution in [0.5, 0.6) is 0 Å². The zero-order valence-corrected chi connectivity index (χ0v) is 28.0. The van der Waals surface area contributed by atoms with E-state index in [1.165, 1.54) is 31.3 Å². The van der Waals surface area contributed by atoms with Crippen molar-refractivity contribution in [2.45, 2.75) is 55.9 Å². The second-order valence-corrected chi connectivity index (χ2v) is 16.1. The maximum Gasteiger partial charge on any atom is 0.263 e. The molecule has 1 aliphatic carbocycles. The molecule has 244 valence electrons. The number of nitrogens with one attached hydrogen (secondary N) is 1. The maximum atomic E-state index is 14.4. The van der Waals surface area contributed by atoms with Crippen LogP contribution in [0, 0.1) is 0 Å². The molecule has 1 aromatic carbocycles. The number of fused-ring (bicyclic) bond motifs is 2. The topological polar surface area (TPSA) is 118 Å². The average molecular weight is 671 g/mol. The van der Waals surface area contributed by atoms with E-state index < -0.39 is 15.1 Å². The molecule has 1 saturated carbocycles. The molecule has 1 unspecified atom stereocenters. The lowest BCUT2D eigenvalue weighted by atomic mass is 9.94. The highest BCUT2D eigenvalue weighted by Gasteiger charge is 2.32. The van der Waals surface area contributed by atoms with Gasteiger partial charge in [0.2, 0.25) is 5.95 Å². The highest BCUT2D eigenvalue weighted by molar-refractivity contribution is 7.91. The van der Waals surface area contributed by atoms with Gasteiger partial charge in [-0.25, -0.2) is 18.4 Å². The molecule has 0 amide bonds. The number of benzene rings is 1. The zero-order chi connectivity index (χ0) is 32.1. The van der Waals surface area contributed by atoms with Crippen molar-refractivity contribution in [1.29, 1.82) is 0 Å². The third-order valence-electron chi connectivity index (χ3n) is 10.1. The fourth-order valence-electron chi connectivity index (χ4n) is 7.63. The van der Waals surface area contributed by atoms with E-state index in [-0.39, 0.29) is 11.6 Å². The lowest BCUT2D eigenvalue weighted by molar-refractivity contribution is 0.231. The van der Waals surface area contributed by atoms with Crippen LogP contribution in [-0.4, -0.2) is 81.1 Å². The largest absolute Gasteiger partial charge is 0.369 e. The molecule has 8 rings (SSSR count). The summed E-state index contributed by atoms with van der Waals surface area (Å²) >= 11 is 1.58. The summed E-state index contributed by atoms with van der Waals surface area (Å²) in [5.74, 6) is 0.945.